The molecule has 0 saturated carbocycles. The number of hydrogen-bond donors (Lipinski definition) is 5. The topological polar surface area (TPSA) is 125 Å². The summed E-state index contributed by atoms with van der Waals surface area (Å²) in [4.78, 5) is 21.7. The van der Waals surface area contributed by atoms with Crippen LogP contribution in [-0.2, 0) is 9.59 Å². The first-order chi connectivity index (χ1) is 6.60. The van der Waals surface area contributed by atoms with Crippen molar-refractivity contribution in [2.45, 2.75) is 32.2 Å². The minimum Gasteiger partial charge on any atom is -0.477 e. The molecular formula is C8H17N3O4. The first kappa shape index (κ1) is 13.8. The molecule has 0 aromatic rings. The highest BCUT2D eigenvalue weighted by atomic mass is 16.4. The average Bonchev–Trinajstić information content (AvgIpc) is 2.00. The number of aliphatic hydroxyl groups is 1. The fraction of sp³-hybridized carbons (Fsp3) is 0.750. The van der Waals surface area contributed by atoms with Crippen molar-refractivity contribution in [1.82, 2.24) is 10.6 Å². The Morgan fingerprint density at radius 3 is 2.07 bits per heavy atom. The fourth-order valence-corrected chi connectivity index (χ4v) is 0.934. The molecule has 0 aliphatic rings. The van der Waals surface area contributed by atoms with Crippen molar-refractivity contribution >= 4 is 11.9 Å². The summed E-state index contributed by atoms with van der Waals surface area (Å²) in [7, 11) is 0. The van der Waals surface area contributed by atoms with Gasteiger partial charge in [0.05, 0.1) is 6.54 Å². The molecule has 0 radical (unpaired) electrons. The predicted octanol–water partition coefficient (Wildman–Crippen LogP) is -1.82. The SMILES string of the molecule is CC(C)(C)NC(O)(NC(=O)CN)C(=O)O. The second-order valence-electron chi connectivity index (χ2n) is 4.14. The maximum absolute atomic E-state index is 10.9. The molecule has 15 heavy (non-hydrogen) atoms. The fourth-order valence-electron chi connectivity index (χ4n) is 0.934. The van der Waals surface area contributed by atoms with Crippen LogP contribution in [0.1, 0.15) is 20.8 Å². The largest absolute Gasteiger partial charge is 0.477 e. The molecule has 0 aliphatic carbocycles. The van der Waals surface area contributed by atoms with Gasteiger partial charge in [-0.2, -0.15) is 0 Å². The lowest BCUT2D eigenvalue weighted by Gasteiger charge is -2.32. The molecule has 0 aromatic heterocycles. The van der Waals surface area contributed by atoms with Crippen molar-refractivity contribution in [3.05, 3.63) is 0 Å². The molecule has 0 aromatic carbocycles. The van der Waals surface area contributed by atoms with E-state index in [0.717, 1.165) is 0 Å². The van der Waals surface area contributed by atoms with Crippen molar-refractivity contribution < 1.29 is 19.8 Å². The summed E-state index contributed by atoms with van der Waals surface area (Å²) >= 11 is 0. The Morgan fingerprint density at radius 2 is 1.80 bits per heavy atom. The van der Waals surface area contributed by atoms with Crippen LogP contribution >= 0.6 is 0 Å². The number of rotatable bonds is 4. The normalized spacial score (nSPS) is 15.5. The van der Waals surface area contributed by atoms with Crippen molar-refractivity contribution in [2.75, 3.05) is 6.54 Å². The molecule has 0 aliphatic heterocycles. The van der Waals surface area contributed by atoms with Gasteiger partial charge in [-0.05, 0) is 20.8 Å². The molecular weight excluding hydrogens is 202 g/mol. The summed E-state index contributed by atoms with van der Waals surface area (Å²) in [5, 5.41) is 22.6. The second kappa shape index (κ2) is 4.56. The van der Waals surface area contributed by atoms with Gasteiger partial charge in [-0.15, -0.1) is 0 Å². The van der Waals surface area contributed by atoms with Gasteiger partial charge in [0.2, 0.25) is 5.91 Å². The minimum absolute atomic E-state index is 0.401. The van der Waals surface area contributed by atoms with E-state index in [9.17, 15) is 14.7 Å². The molecule has 0 saturated heterocycles. The van der Waals surface area contributed by atoms with Crippen molar-refractivity contribution in [3.63, 3.8) is 0 Å². The first-order valence-corrected chi connectivity index (χ1v) is 4.37. The molecule has 88 valence electrons. The molecule has 0 bridgehead atoms. The summed E-state index contributed by atoms with van der Waals surface area (Å²) in [6.45, 7) is 4.54. The quantitative estimate of drug-likeness (QED) is 0.355. The van der Waals surface area contributed by atoms with Gasteiger partial charge in [0.15, 0.2) is 0 Å². The summed E-state index contributed by atoms with van der Waals surface area (Å²) in [6, 6.07) is 0. The summed E-state index contributed by atoms with van der Waals surface area (Å²) in [5.41, 5.74) is 4.31. The van der Waals surface area contributed by atoms with Gasteiger partial charge in [-0.3, -0.25) is 10.1 Å². The number of carbonyl (C=O) groups excluding carboxylic acids is 1. The third-order valence-corrected chi connectivity index (χ3v) is 1.37. The van der Waals surface area contributed by atoms with Crippen LogP contribution in [0.25, 0.3) is 0 Å². The molecule has 1 amide bonds. The average molecular weight is 219 g/mol. The molecule has 0 fully saturated rings. The van der Waals surface area contributed by atoms with Crippen LogP contribution in [0.3, 0.4) is 0 Å². The lowest BCUT2D eigenvalue weighted by molar-refractivity contribution is -0.172. The Balaban J connectivity index is 4.75. The molecule has 0 rings (SSSR count). The standard InChI is InChI=1S/C8H17N3O4/c1-7(2,3)11-8(15,6(13)14)10-5(12)4-9/h11,15H,4,9H2,1-3H3,(H,10,12)(H,13,14). The molecule has 1 unspecified atom stereocenters. The molecule has 7 nitrogen and oxygen atoms in total. The molecule has 1 atom stereocenters. The van der Waals surface area contributed by atoms with Crippen molar-refractivity contribution in [3.8, 4) is 0 Å². The number of aliphatic carboxylic acids is 1. The summed E-state index contributed by atoms with van der Waals surface area (Å²) in [5.74, 6) is -4.87. The number of hydrogen-bond acceptors (Lipinski definition) is 5. The van der Waals surface area contributed by atoms with Gasteiger partial charge < -0.3 is 21.3 Å². The van der Waals surface area contributed by atoms with Crippen LogP contribution in [0.4, 0.5) is 0 Å². The lowest BCUT2D eigenvalue weighted by atomic mass is 10.1. The van der Waals surface area contributed by atoms with Crippen LogP contribution in [0.15, 0.2) is 0 Å². The number of carbonyl (C=O) groups is 2. The van der Waals surface area contributed by atoms with E-state index in [2.05, 4.69) is 5.32 Å². The van der Waals surface area contributed by atoms with Crippen LogP contribution in [0, 0.1) is 0 Å². The third-order valence-electron chi connectivity index (χ3n) is 1.37. The van der Waals surface area contributed by atoms with Gasteiger partial charge in [-0.25, -0.2) is 4.79 Å². The minimum atomic E-state index is -2.51. The number of nitrogens with one attached hydrogen (secondary N) is 2. The maximum atomic E-state index is 10.9. The van der Waals surface area contributed by atoms with E-state index >= 15 is 0 Å². The van der Waals surface area contributed by atoms with Crippen LogP contribution in [0.2, 0.25) is 0 Å². The summed E-state index contributed by atoms with van der Waals surface area (Å²) < 4.78 is 0. The molecule has 6 N–H and O–H groups in total. The van der Waals surface area contributed by atoms with Gasteiger partial charge in [0.25, 0.3) is 5.85 Å². The van der Waals surface area contributed by atoms with E-state index in [4.69, 9.17) is 10.8 Å². The van der Waals surface area contributed by atoms with Crippen molar-refractivity contribution in [2.24, 2.45) is 5.73 Å². The zero-order chi connectivity index (χ0) is 12.3. The van der Waals surface area contributed by atoms with Crippen LogP contribution in [0.5, 0.6) is 0 Å². The Bertz CT molecular complexity index is 261. The van der Waals surface area contributed by atoms with E-state index < -0.39 is 29.8 Å². The number of nitrogens with two attached hydrogens (primary N) is 1. The number of amides is 1. The van der Waals surface area contributed by atoms with E-state index in [-0.39, 0.29) is 0 Å². The van der Waals surface area contributed by atoms with E-state index in [0.29, 0.717) is 0 Å². The predicted molar refractivity (Wildman–Crippen MR) is 52.7 cm³/mol. The Hall–Kier alpha value is -1.18. The summed E-state index contributed by atoms with van der Waals surface area (Å²) in [6.07, 6.45) is 0. The highest BCUT2D eigenvalue weighted by Gasteiger charge is 2.40. The molecule has 0 heterocycles. The Kier molecular flexibility index (Phi) is 4.20. The number of carboxylic acid groups (broad SMARTS) is 1. The van der Waals surface area contributed by atoms with E-state index in [1.54, 1.807) is 20.8 Å². The van der Waals surface area contributed by atoms with Gasteiger partial charge in [0, 0.05) is 5.54 Å². The molecule has 7 heteroatoms. The monoisotopic (exact) mass is 219 g/mol. The lowest BCUT2D eigenvalue weighted by Crippen LogP contribution is -2.69. The first-order valence-electron chi connectivity index (χ1n) is 4.37. The maximum Gasteiger partial charge on any atom is 0.374 e. The smallest absolute Gasteiger partial charge is 0.374 e. The van der Waals surface area contributed by atoms with E-state index in [1.165, 1.54) is 0 Å². The zero-order valence-corrected chi connectivity index (χ0v) is 9.00. The van der Waals surface area contributed by atoms with Crippen LogP contribution in [-0.4, -0.2) is 40.0 Å². The molecule has 0 spiro atoms. The van der Waals surface area contributed by atoms with Gasteiger partial charge >= 0.3 is 5.97 Å². The Morgan fingerprint density at radius 1 is 1.33 bits per heavy atom. The van der Waals surface area contributed by atoms with Crippen molar-refractivity contribution in [1.29, 1.82) is 0 Å². The zero-order valence-electron chi connectivity index (χ0n) is 9.00. The van der Waals surface area contributed by atoms with E-state index in [1.807, 2.05) is 5.32 Å². The Labute approximate surface area is 87.6 Å². The highest BCUT2D eigenvalue weighted by Crippen LogP contribution is 2.06. The third kappa shape index (κ3) is 4.73. The van der Waals surface area contributed by atoms with Gasteiger partial charge in [-0.1, -0.05) is 0 Å². The van der Waals surface area contributed by atoms with Gasteiger partial charge in [0.1, 0.15) is 0 Å². The highest BCUT2D eigenvalue weighted by molar-refractivity contribution is 5.86. The van der Waals surface area contributed by atoms with Crippen LogP contribution < -0.4 is 16.4 Å². The second-order valence-corrected chi connectivity index (χ2v) is 4.14. The number of carboxylic acids is 1.